The molecular weight excluding hydrogens is 532 g/mol. The summed E-state index contributed by atoms with van der Waals surface area (Å²) in [6, 6.07) is 61.5. The molecule has 1 heterocycles. The largest absolute Gasteiger partial charge is 0.310 e. The predicted molar refractivity (Wildman–Crippen MR) is 188 cm³/mol. The van der Waals surface area contributed by atoms with Crippen LogP contribution in [0.1, 0.15) is 0 Å². The second-order valence-corrected chi connectivity index (χ2v) is 11.4. The summed E-state index contributed by atoms with van der Waals surface area (Å²) < 4.78 is 2.37. The molecule has 2 heteroatoms. The van der Waals surface area contributed by atoms with Gasteiger partial charge in [-0.25, -0.2) is 0 Å². The van der Waals surface area contributed by atoms with Crippen molar-refractivity contribution in [3.05, 3.63) is 170 Å². The summed E-state index contributed by atoms with van der Waals surface area (Å²) in [4.78, 5) is 2.41. The Hall–Kier alpha value is -5.86. The molecule has 0 saturated carbocycles. The number of aromatic nitrogens is 1. The molecule has 8 aromatic carbocycles. The molecule has 2 nitrogen and oxygen atoms in total. The van der Waals surface area contributed by atoms with Crippen LogP contribution >= 0.6 is 0 Å². The third kappa shape index (κ3) is 3.75. The van der Waals surface area contributed by atoms with Crippen LogP contribution in [-0.2, 0) is 0 Å². The number of hydrogen-bond donors (Lipinski definition) is 0. The lowest BCUT2D eigenvalue weighted by Gasteiger charge is -2.27. The highest BCUT2D eigenvalue weighted by Gasteiger charge is 2.19. The smallest absolute Gasteiger partial charge is 0.0542 e. The Balaban J connectivity index is 1.31. The molecule has 9 rings (SSSR count). The lowest BCUT2D eigenvalue weighted by atomic mass is 9.96. The summed E-state index contributed by atoms with van der Waals surface area (Å²) in [7, 11) is 0. The van der Waals surface area contributed by atoms with Crippen LogP contribution in [0.3, 0.4) is 0 Å². The number of fused-ring (bicyclic) bond motifs is 8. The van der Waals surface area contributed by atoms with E-state index in [0.717, 1.165) is 17.1 Å². The summed E-state index contributed by atoms with van der Waals surface area (Å²) >= 11 is 0. The van der Waals surface area contributed by atoms with Crippen LogP contribution in [0.2, 0.25) is 0 Å². The molecule has 1 aromatic heterocycles. The van der Waals surface area contributed by atoms with Crippen molar-refractivity contribution in [3.63, 3.8) is 0 Å². The van der Waals surface area contributed by atoms with E-state index < -0.39 is 0 Å². The molecule has 0 atom stereocenters. The van der Waals surface area contributed by atoms with Crippen LogP contribution in [0.25, 0.3) is 59.8 Å². The average Bonchev–Trinajstić information content (AvgIpc) is 3.43. The summed E-state index contributed by atoms with van der Waals surface area (Å²) in [5.41, 5.74) is 7.00. The Morgan fingerprint density at radius 2 is 0.955 bits per heavy atom. The molecule has 0 fully saturated rings. The van der Waals surface area contributed by atoms with Gasteiger partial charge in [-0.15, -0.1) is 0 Å². The van der Waals surface area contributed by atoms with Gasteiger partial charge >= 0.3 is 0 Å². The minimum absolute atomic E-state index is 1.13. The lowest BCUT2D eigenvalue weighted by molar-refractivity contribution is 1.18. The van der Waals surface area contributed by atoms with Crippen LogP contribution < -0.4 is 4.90 Å². The fourth-order valence-electron chi connectivity index (χ4n) is 6.99. The van der Waals surface area contributed by atoms with Crippen LogP contribution in [0.5, 0.6) is 0 Å². The monoisotopic (exact) mass is 560 g/mol. The maximum atomic E-state index is 2.41. The highest BCUT2D eigenvalue weighted by atomic mass is 15.1. The van der Waals surface area contributed by atoms with Crippen molar-refractivity contribution in [2.45, 2.75) is 0 Å². The molecule has 0 amide bonds. The van der Waals surface area contributed by atoms with Gasteiger partial charge in [0.05, 0.1) is 16.7 Å². The number of anilines is 3. The van der Waals surface area contributed by atoms with Crippen molar-refractivity contribution in [1.82, 2.24) is 4.57 Å². The Morgan fingerprint density at radius 3 is 1.82 bits per heavy atom. The molecule has 0 aliphatic rings. The van der Waals surface area contributed by atoms with Crippen LogP contribution in [0.4, 0.5) is 17.1 Å². The predicted octanol–water partition coefficient (Wildman–Crippen LogP) is 11.7. The molecule has 0 N–H and O–H groups in total. The van der Waals surface area contributed by atoms with Crippen LogP contribution in [0, 0.1) is 0 Å². The van der Waals surface area contributed by atoms with E-state index in [4.69, 9.17) is 0 Å². The first-order chi connectivity index (χ1) is 21.8. The molecule has 0 radical (unpaired) electrons. The van der Waals surface area contributed by atoms with Gasteiger partial charge in [-0.2, -0.15) is 0 Å². The summed E-state index contributed by atoms with van der Waals surface area (Å²) in [5.74, 6) is 0. The van der Waals surface area contributed by atoms with Crippen molar-refractivity contribution in [1.29, 1.82) is 0 Å². The lowest BCUT2D eigenvalue weighted by Crippen LogP contribution is -2.10. The van der Waals surface area contributed by atoms with Gasteiger partial charge < -0.3 is 9.47 Å². The Bertz CT molecular complexity index is 2490. The quantitative estimate of drug-likeness (QED) is 0.194. The first-order valence-electron chi connectivity index (χ1n) is 15.1. The van der Waals surface area contributed by atoms with Crippen molar-refractivity contribution >= 4 is 71.2 Å². The van der Waals surface area contributed by atoms with Gasteiger partial charge in [-0.3, -0.25) is 0 Å². The average molecular weight is 561 g/mol. The second-order valence-electron chi connectivity index (χ2n) is 11.4. The van der Waals surface area contributed by atoms with Gasteiger partial charge in [-0.05, 0) is 81.5 Å². The second kappa shape index (κ2) is 9.86. The van der Waals surface area contributed by atoms with E-state index in [1.54, 1.807) is 0 Å². The Morgan fingerprint density at radius 1 is 0.341 bits per heavy atom. The standard InChI is InChI=1S/C42H28N2/c1-3-13-30(14-4-1)43(40-21-11-19-34-36-24-22-29-12-7-8-17-33(29)35(36)25-26-38(34)40)32-23-27-42-39(28-32)37-18-9-10-20-41(37)44(42)31-15-5-2-6-16-31/h1-28H. The fourth-order valence-corrected chi connectivity index (χ4v) is 6.99. The minimum Gasteiger partial charge on any atom is -0.310 e. The molecule has 206 valence electrons. The summed E-state index contributed by atoms with van der Waals surface area (Å²) in [6.45, 7) is 0. The summed E-state index contributed by atoms with van der Waals surface area (Å²) in [5, 5.41) is 10.1. The summed E-state index contributed by atoms with van der Waals surface area (Å²) in [6.07, 6.45) is 0. The number of nitrogens with zero attached hydrogens (tertiary/aromatic N) is 2. The number of para-hydroxylation sites is 3. The minimum atomic E-state index is 1.13. The SMILES string of the molecule is c1ccc(N(c2ccc3c(c2)c2ccccc2n3-c2ccccc2)c2cccc3c2ccc2c4ccccc4ccc32)cc1. The van der Waals surface area contributed by atoms with E-state index in [9.17, 15) is 0 Å². The third-order valence-electron chi connectivity index (χ3n) is 8.94. The van der Waals surface area contributed by atoms with Crippen molar-refractivity contribution < 1.29 is 0 Å². The third-order valence-corrected chi connectivity index (χ3v) is 8.94. The van der Waals surface area contributed by atoms with Crippen LogP contribution in [-0.4, -0.2) is 4.57 Å². The molecule has 0 unspecified atom stereocenters. The van der Waals surface area contributed by atoms with Crippen LogP contribution in [0.15, 0.2) is 170 Å². The highest BCUT2D eigenvalue weighted by Crippen LogP contribution is 2.43. The number of benzene rings is 8. The van der Waals surface area contributed by atoms with Gasteiger partial charge in [0.2, 0.25) is 0 Å². The Labute approximate surface area is 255 Å². The molecule has 0 bridgehead atoms. The molecule has 0 aliphatic carbocycles. The van der Waals surface area contributed by atoms with Gasteiger partial charge in [-0.1, -0.05) is 115 Å². The van der Waals surface area contributed by atoms with Gasteiger partial charge in [0, 0.05) is 33.2 Å². The normalized spacial score (nSPS) is 11.6. The van der Waals surface area contributed by atoms with E-state index in [-0.39, 0.29) is 0 Å². The maximum absolute atomic E-state index is 2.41. The molecule has 0 saturated heterocycles. The number of rotatable bonds is 4. The topological polar surface area (TPSA) is 8.17 Å². The zero-order valence-corrected chi connectivity index (χ0v) is 24.1. The molecular formula is C42H28N2. The van der Waals surface area contributed by atoms with E-state index in [0.29, 0.717) is 0 Å². The fraction of sp³-hybridized carbons (Fsp3) is 0. The van der Waals surface area contributed by atoms with Gasteiger partial charge in [0.15, 0.2) is 0 Å². The first-order valence-corrected chi connectivity index (χ1v) is 15.1. The first kappa shape index (κ1) is 24.7. The van der Waals surface area contributed by atoms with E-state index in [1.807, 2.05) is 0 Å². The van der Waals surface area contributed by atoms with Crippen molar-refractivity contribution in [2.24, 2.45) is 0 Å². The van der Waals surface area contributed by atoms with E-state index in [1.165, 1.54) is 59.8 Å². The zero-order valence-electron chi connectivity index (χ0n) is 24.1. The molecule has 0 spiro atoms. The molecule has 44 heavy (non-hydrogen) atoms. The van der Waals surface area contributed by atoms with E-state index in [2.05, 4.69) is 179 Å². The zero-order chi connectivity index (χ0) is 29.0. The molecule has 0 aliphatic heterocycles. The van der Waals surface area contributed by atoms with Gasteiger partial charge in [0.1, 0.15) is 0 Å². The number of hydrogen-bond acceptors (Lipinski definition) is 1. The highest BCUT2D eigenvalue weighted by molar-refractivity contribution is 6.20. The molecule has 9 aromatic rings. The van der Waals surface area contributed by atoms with Crippen molar-refractivity contribution in [2.75, 3.05) is 4.90 Å². The maximum Gasteiger partial charge on any atom is 0.0542 e. The van der Waals surface area contributed by atoms with E-state index >= 15 is 0 Å². The Kier molecular flexibility index (Phi) is 5.54. The van der Waals surface area contributed by atoms with Crippen molar-refractivity contribution in [3.8, 4) is 5.69 Å². The van der Waals surface area contributed by atoms with Gasteiger partial charge in [0.25, 0.3) is 0 Å².